The third-order valence-corrected chi connectivity index (χ3v) is 5.21. The molecule has 0 bridgehead atoms. The molecular formula is C17H19BrN3OS+. The summed E-state index contributed by atoms with van der Waals surface area (Å²) in [6.45, 7) is 4.30. The molecule has 0 aliphatic rings. The summed E-state index contributed by atoms with van der Waals surface area (Å²) in [6.07, 6.45) is 1.04. The molecule has 120 valence electrons. The van der Waals surface area contributed by atoms with Gasteiger partial charge in [0.2, 0.25) is 0 Å². The Morgan fingerprint density at radius 2 is 2.00 bits per heavy atom. The van der Waals surface area contributed by atoms with Crippen molar-refractivity contribution in [3.05, 3.63) is 57.7 Å². The molecule has 0 unspecified atom stereocenters. The Bertz CT molecular complexity index is 740. The predicted octanol–water partition coefficient (Wildman–Crippen LogP) is 4.34. The Morgan fingerprint density at radius 1 is 1.22 bits per heavy atom. The molecule has 0 saturated carbocycles. The second kappa shape index (κ2) is 7.38. The molecule has 2 aromatic heterocycles. The molecule has 0 aliphatic carbocycles. The molecule has 3 rings (SSSR count). The first-order valence-electron chi connectivity index (χ1n) is 7.65. The summed E-state index contributed by atoms with van der Waals surface area (Å²) in [6, 6.07) is 12.9. The number of hydrogen-bond acceptors (Lipinski definition) is 4. The maximum Gasteiger partial charge on any atom is 0.274 e. The number of benzene rings is 1. The minimum Gasteiger partial charge on any atom is -0.414 e. The Balaban J connectivity index is 1.72. The average Bonchev–Trinajstić information content (AvgIpc) is 3.24. The Labute approximate surface area is 148 Å². The van der Waals surface area contributed by atoms with Crippen molar-refractivity contribution in [3.63, 3.8) is 0 Å². The van der Waals surface area contributed by atoms with Crippen molar-refractivity contribution in [2.24, 2.45) is 0 Å². The summed E-state index contributed by atoms with van der Waals surface area (Å²) >= 11 is 5.09. The molecule has 3 aromatic rings. The van der Waals surface area contributed by atoms with E-state index in [1.807, 2.05) is 17.5 Å². The number of quaternary nitrogens is 1. The molecule has 0 aliphatic heterocycles. The van der Waals surface area contributed by atoms with Crippen LogP contribution in [0.2, 0.25) is 0 Å². The third kappa shape index (κ3) is 3.88. The van der Waals surface area contributed by atoms with E-state index in [-0.39, 0.29) is 6.04 Å². The van der Waals surface area contributed by atoms with Crippen molar-refractivity contribution in [1.82, 2.24) is 10.2 Å². The molecule has 0 fully saturated rings. The maximum atomic E-state index is 5.84. The fourth-order valence-electron chi connectivity index (χ4n) is 2.54. The van der Waals surface area contributed by atoms with Crippen molar-refractivity contribution < 1.29 is 9.73 Å². The lowest BCUT2D eigenvalue weighted by Gasteiger charge is -2.17. The monoisotopic (exact) mass is 392 g/mol. The van der Waals surface area contributed by atoms with E-state index in [1.54, 1.807) is 11.3 Å². The van der Waals surface area contributed by atoms with Gasteiger partial charge in [0.25, 0.3) is 11.8 Å². The average molecular weight is 393 g/mol. The summed E-state index contributed by atoms with van der Waals surface area (Å²) in [4.78, 5) is 1.01. The van der Waals surface area contributed by atoms with E-state index in [0.29, 0.717) is 17.8 Å². The van der Waals surface area contributed by atoms with Gasteiger partial charge in [-0.25, -0.2) is 0 Å². The molecular weight excluding hydrogens is 374 g/mol. The van der Waals surface area contributed by atoms with Gasteiger partial charge in [0.1, 0.15) is 6.04 Å². The zero-order valence-electron chi connectivity index (χ0n) is 13.1. The van der Waals surface area contributed by atoms with Crippen molar-refractivity contribution in [3.8, 4) is 10.8 Å². The van der Waals surface area contributed by atoms with Gasteiger partial charge in [-0.15, -0.1) is 21.5 Å². The molecule has 4 nitrogen and oxygen atoms in total. The molecule has 23 heavy (non-hydrogen) atoms. The Hall–Kier alpha value is -1.50. The van der Waals surface area contributed by atoms with E-state index < -0.39 is 0 Å². The molecule has 6 heteroatoms. The van der Waals surface area contributed by atoms with Crippen LogP contribution in [0, 0.1) is 0 Å². The van der Waals surface area contributed by atoms with Gasteiger partial charge in [-0.05, 0) is 30.5 Å². The number of thiophene rings is 1. The topological polar surface area (TPSA) is 55.5 Å². The fourth-order valence-corrected chi connectivity index (χ4v) is 3.45. The lowest BCUT2D eigenvalue weighted by molar-refractivity contribution is -0.734. The largest absolute Gasteiger partial charge is 0.414 e. The van der Waals surface area contributed by atoms with E-state index in [4.69, 9.17) is 4.42 Å². The lowest BCUT2D eigenvalue weighted by Crippen LogP contribution is -2.85. The standard InChI is InChI=1S/C17H18BrN3OS/c1-3-14(12-6-8-13(18)9-7-12)19-11(2)16-20-21-17(22-16)15-5-4-10-23-15/h4-11,14,19H,3H2,1-2H3/p+1/t11-,14-/m1/s1. The minimum absolute atomic E-state index is 0.116. The zero-order chi connectivity index (χ0) is 16.2. The number of nitrogens with zero attached hydrogens (tertiary/aromatic N) is 2. The highest BCUT2D eigenvalue weighted by atomic mass is 79.9. The van der Waals surface area contributed by atoms with Crippen molar-refractivity contribution >= 4 is 27.3 Å². The second-order valence-electron chi connectivity index (χ2n) is 5.47. The van der Waals surface area contributed by atoms with Crippen LogP contribution in [0.3, 0.4) is 0 Å². The minimum atomic E-state index is 0.116. The van der Waals surface area contributed by atoms with Crippen molar-refractivity contribution in [2.45, 2.75) is 32.4 Å². The number of halogens is 1. The van der Waals surface area contributed by atoms with E-state index in [1.165, 1.54) is 5.56 Å². The van der Waals surface area contributed by atoms with Crippen molar-refractivity contribution in [2.75, 3.05) is 0 Å². The van der Waals surface area contributed by atoms with E-state index >= 15 is 0 Å². The van der Waals surface area contributed by atoms with E-state index in [0.717, 1.165) is 15.8 Å². The summed E-state index contributed by atoms with van der Waals surface area (Å²) in [5.74, 6) is 1.27. The van der Waals surface area contributed by atoms with Gasteiger partial charge in [0.05, 0.1) is 4.88 Å². The summed E-state index contributed by atoms with van der Waals surface area (Å²) in [5, 5.41) is 12.7. The Kier molecular flexibility index (Phi) is 5.25. The maximum absolute atomic E-state index is 5.84. The molecule has 2 heterocycles. The summed E-state index contributed by atoms with van der Waals surface area (Å²) < 4.78 is 6.94. The fraction of sp³-hybridized carbons (Fsp3) is 0.294. The number of aromatic nitrogens is 2. The van der Waals surface area contributed by atoms with Crippen LogP contribution in [0.25, 0.3) is 10.8 Å². The van der Waals surface area contributed by atoms with E-state index in [2.05, 4.69) is 69.6 Å². The van der Waals surface area contributed by atoms with Crippen LogP contribution in [0.5, 0.6) is 0 Å². The van der Waals surface area contributed by atoms with Crippen LogP contribution < -0.4 is 5.32 Å². The third-order valence-electron chi connectivity index (χ3n) is 3.82. The van der Waals surface area contributed by atoms with Crippen LogP contribution in [0.15, 0.2) is 50.7 Å². The highest BCUT2D eigenvalue weighted by molar-refractivity contribution is 9.10. The summed E-state index contributed by atoms with van der Waals surface area (Å²) in [5.41, 5.74) is 1.31. The highest BCUT2D eigenvalue weighted by Crippen LogP contribution is 2.24. The molecule has 1 aromatic carbocycles. The van der Waals surface area contributed by atoms with Crippen LogP contribution in [-0.2, 0) is 0 Å². The molecule has 2 atom stereocenters. The normalized spacial score (nSPS) is 13.9. The first-order valence-corrected chi connectivity index (χ1v) is 9.32. The van der Waals surface area contributed by atoms with Gasteiger partial charge in [-0.2, -0.15) is 0 Å². The van der Waals surface area contributed by atoms with Gasteiger partial charge in [0, 0.05) is 16.5 Å². The molecule has 0 spiro atoms. The predicted molar refractivity (Wildman–Crippen MR) is 95.1 cm³/mol. The SMILES string of the molecule is CC[C@@H]([NH2+][C@H](C)c1nnc(-c2cccs2)o1)c1ccc(Br)cc1. The van der Waals surface area contributed by atoms with Crippen LogP contribution in [-0.4, -0.2) is 10.2 Å². The molecule has 0 amide bonds. The molecule has 2 N–H and O–H groups in total. The van der Waals surface area contributed by atoms with Gasteiger partial charge in [-0.3, -0.25) is 0 Å². The quantitative estimate of drug-likeness (QED) is 0.678. The highest BCUT2D eigenvalue weighted by Gasteiger charge is 2.22. The summed E-state index contributed by atoms with van der Waals surface area (Å²) in [7, 11) is 0. The first-order chi connectivity index (χ1) is 11.2. The lowest BCUT2D eigenvalue weighted by atomic mass is 10.0. The van der Waals surface area contributed by atoms with Crippen molar-refractivity contribution in [1.29, 1.82) is 0 Å². The zero-order valence-corrected chi connectivity index (χ0v) is 15.5. The van der Waals surface area contributed by atoms with Gasteiger partial charge < -0.3 is 9.73 Å². The second-order valence-corrected chi connectivity index (χ2v) is 7.33. The van der Waals surface area contributed by atoms with E-state index in [9.17, 15) is 0 Å². The van der Waals surface area contributed by atoms with Crippen LogP contribution in [0.4, 0.5) is 0 Å². The van der Waals surface area contributed by atoms with Gasteiger partial charge >= 0.3 is 0 Å². The van der Waals surface area contributed by atoms with Crippen LogP contribution in [0.1, 0.15) is 43.8 Å². The smallest absolute Gasteiger partial charge is 0.274 e. The first kappa shape index (κ1) is 16.4. The molecule has 0 radical (unpaired) electrons. The van der Waals surface area contributed by atoms with Crippen LogP contribution >= 0.6 is 27.3 Å². The number of nitrogens with two attached hydrogens (primary N) is 1. The molecule has 0 saturated heterocycles. The number of hydrogen-bond donors (Lipinski definition) is 1. The van der Waals surface area contributed by atoms with Gasteiger partial charge in [0.15, 0.2) is 6.04 Å². The Morgan fingerprint density at radius 3 is 2.65 bits per heavy atom. The van der Waals surface area contributed by atoms with Gasteiger partial charge in [-0.1, -0.05) is 41.1 Å². The number of rotatable bonds is 6.